The van der Waals surface area contributed by atoms with Crippen LogP contribution in [0.2, 0.25) is 0 Å². The van der Waals surface area contributed by atoms with Crippen LogP contribution in [0.5, 0.6) is 0 Å². The van der Waals surface area contributed by atoms with Gasteiger partial charge in [-0.1, -0.05) is 34.6 Å². The van der Waals surface area contributed by atoms with E-state index in [-0.39, 0.29) is 17.4 Å². The van der Waals surface area contributed by atoms with Crippen molar-refractivity contribution in [1.82, 2.24) is 5.32 Å². The molecule has 0 spiro atoms. The van der Waals surface area contributed by atoms with Crippen LogP contribution in [0.25, 0.3) is 0 Å². The third-order valence-corrected chi connectivity index (χ3v) is 2.07. The van der Waals surface area contributed by atoms with Crippen LogP contribution in [0, 0.1) is 11.3 Å². The van der Waals surface area contributed by atoms with Gasteiger partial charge in [-0.2, -0.15) is 0 Å². The van der Waals surface area contributed by atoms with Crippen molar-refractivity contribution in [2.24, 2.45) is 11.3 Å². The Morgan fingerprint density at radius 3 is 2.20 bits per heavy atom. The van der Waals surface area contributed by atoms with Gasteiger partial charge in [-0.15, -0.1) is 0 Å². The van der Waals surface area contributed by atoms with Crippen molar-refractivity contribution in [3.63, 3.8) is 0 Å². The molecule has 0 aliphatic rings. The van der Waals surface area contributed by atoms with Crippen LogP contribution >= 0.6 is 0 Å². The Bertz CT molecular complexity index is 194. The molecular weight excluding hydrogens is 190 g/mol. The summed E-state index contributed by atoms with van der Waals surface area (Å²) in [6.07, 6.45) is 0.822. The fraction of sp³-hybridized carbons (Fsp3) is 0.917. The molecule has 0 bridgehead atoms. The zero-order chi connectivity index (χ0) is 12.1. The van der Waals surface area contributed by atoms with E-state index in [1.54, 1.807) is 0 Å². The monoisotopic (exact) mass is 215 g/mol. The minimum absolute atomic E-state index is 0.159. The largest absolute Gasteiger partial charge is 0.468 e. The fourth-order valence-corrected chi connectivity index (χ4v) is 1.31. The van der Waals surface area contributed by atoms with E-state index < -0.39 is 0 Å². The molecule has 0 fully saturated rings. The van der Waals surface area contributed by atoms with Crippen LogP contribution in [0.3, 0.4) is 0 Å². The lowest BCUT2D eigenvalue weighted by Crippen LogP contribution is -2.42. The first-order valence-corrected chi connectivity index (χ1v) is 5.57. The van der Waals surface area contributed by atoms with E-state index in [2.05, 4.69) is 39.9 Å². The standard InChI is InChI=1S/C12H25NO2/c1-9(2)7-10(11(14)15-6)13-8-12(3,4)5/h9-10,13H,7-8H2,1-6H3. The molecule has 0 aromatic carbocycles. The molecule has 1 atom stereocenters. The summed E-state index contributed by atoms with van der Waals surface area (Å²) in [5.41, 5.74) is 0.184. The number of hydrogen-bond donors (Lipinski definition) is 1. The number of esters is 1. The molecule has 90 valence electrons. The summed E-state index contributed by atoms with van der Waals surface area (Å²) < 4.78 is 4.78. The summed E-state index contributed by atoms with van der Waals surface area (Å²) in [7, 11) is 1.44. The molecule has 0 aliphatic carbocycles. The van der Waals surface area contributed by atoms with Crippen molar-refractivity contribution < 1.29 is 9.53 Å². The lowest BCUT2D eigenvalue weighted by Gasteiger charge is -2.24. The Labute approximate surface area is 93.6 Å². The average molecular weight is 215 g/mol. The SMILES string of the molecule is COC(=O)C(CC(C)C)NCC(C)(C)C. The minimum atomic E-state index is -0.172. The molecule has 0 radical (unpaired) electrons. The lowest BCUT2D eigenvalue weighted by molar-refractivity contribution is -0.143. The van der Waals surface area contributed by atoms with Gasteiger partial charge < -0.3 is 10.1 Å². The topological polar surface area (TPSA) is 38.3 Å². The maximum absolute atomic E-state index is 11.5. The van der Waals surface area contributed by atoms with Gasteiger partial charge in [-0.3, -0.25) is 4.79 Å². The molecule has 0 saturated carbocycles. The highest BCUT2D eigenvalue weighted by Crippen LogP contribution is 2.13. The van der Waals surface area contributed by atoms with E-state index in [1.165, 1.54) is 7.11 Å². The molecule has 0 rings (SSSR count). The Morgan fingerprint density at radius 1 is 1.33 bits per heavy atom. The number of carbonyl (C=O) groups excluding carboxylic acids is 1. The maximum Gasteiger partial charge on any atom is 0.322 e. The number of rotatable bonds is 5. The number of hydrogen-bond acceptors (Lipinski definition) is 3. The second kappa shape index (κ2) is 6.11. The highest BCUT2D eigenvalue weighted by molar-refractivity contribution is 5.75. The third-order valence-electron chi connectivity index (χ3n) is 2.07. The van der Waals surface area contributed by atoms with Crippen LogP contribution in [-0.2, 0) is 9.53 Å². The third kappa shape index (κ3) is 7.37. The molecule has 3 nitrogen and oxygen atoms in total. The lowest BCUT2D eigenvalue weighted by atomic mass is 9.95. The van der Waals surface area contributed by atoms with E-state index in [9.17, 15) is 4.79 Å². The van der Waals surface area contributed by atoms with Gasteiger partial charge in [0.05, 0.1) is 7.11 Å². The zero-order valence-corrected chi connectivity index (χ0v) is 10.9. The Balaban J connectivity index is 4.19. The van der Waals surface area contributed by atoms with Gasteiger partial charge in [0.15, 0.2) is 0 Å². The van der Waals surface area contributed by atoms with Crippen molar-refractivity contribution >= 4 is 5.97 Å². The van der Waals surface area contributed by atoms with Gasteiger partial charge in [0, 0.05) is 6.54 Å². The molecule has 0 saturated heterocycles. The van der Waals surface area contributed by atoms with Crippen LogP contribution in [0.1, 0.15) is 41.0 Å². The molecule has 15 heavy (non-hydrogen) atoms. The fourth-order valence-electron chi connectivity index (χ4n) is 1.31. The number of carbonyl (C=O) groups is 1. The van der Waals surface area contributed by atoms with Crippen molar-refractivity contribution in [3.8, 4) is 0 Å². The minimum Gasteiger partial charge on any atom is -0.468 e. The van der Waals surface area contributed by atoms with Gasteiger partial charge in [0.1, 0.15) is 6.04 Å². The van der Waals surface area contributed by atoms with E-state index in [0.29, 0.717) is 5.92 Å². The molecule has 0 aliphatic heterocycles. The van der Waals surface area contributed by atoms with E-state index in [1.807, 2.05) is 0 Å². The quantitative estimate of drug-likeness (QED) is 0.715. The summed E-state index contributed by atoms with van der Waals surface area (Å²) in [5, 5.41) is 3.27. The summed E-state index contributed by atoms with van der Waals surface area (Å²) in [5.74, 6) is 0.328. The molecule has 0 aromatic heterocycles. The predicted molar refractivity (Wildman–Crippen MR) is 62.7 cm³/mol. The van der Waals surface area contributed by atoms with Gasteiger partial charge >= 0.3 is 5.97 Å². The number of nitrogens with one attached hydrogen (secondary N) is 1. The molecule has 1 unspecified atom stereocenters. The van der Waals surface area contributed by atoms with Crippen LogP contribution in [0.15, 0.2) is 0 Å². The van der Waals surface area contributed by atoms with E-state index in [0.717, 1.165) is 13.0 Å². The molecular formula is C12H25NO2. The molecule has 0 aromatic rings. The highest BCUT2D eigenvalue weighted by Gasteiger charge is 2.22. The molecule has 1 N–H and O–H groups in total. The van der Waals surface area contributed by atoms with Crippen LogP contribution in [-0.4, -0.2) is 25.7 Å². The van der Waals surface area contributed by atoms with Crippen LogP contribution < -0.4 is 5.32 Å². The molecule has 3 heteroatoms. The summed E-state index contributed by atoms with van der Waals surface area (Å²) in [6.45, 7) is 11.5. The summed E-state index contributed by atoms with van der Waals surface area (Å²) in [4.78, 5) is 11.5. The highest BCUT2D eigenvalue weighted by atomic mass is 16.5. The first-order chi connectivity index (χ1) is 6.76. The smallest absolute Gasteiger partial charge is 0.322 e. The second-order valence-corrected chi connectivity index (χ2v) is 5.65. The van der Waals surface area contributed by atoms with Crippen molar-refractivity contribution in [2.45, 2.75) is 47.1 Å². The average Bonchev–Trinajstić information content (AvgIpc) is 2.09. The second-order valence-electron chi connectivity index (χ2n) is 5.65. The maximum atomic E-state index is 11.5. The number of ether oxygens (including phenoxy) is 1. The summed E-state index contributed by atoms with van der Waals surface area (Å²) in [6, 6.07) is -0.172. The first kappa shape index (κ1) is 14.4. The Hall–Kier alpha value is -0.570. The summed E-state index contributed by atoms with van der Waals surface area (Å²) >= 11 is 0. The first-order valence-electron chi connectivity index (χ1n) is 5.57. The predicted octanol–water partition coefficient (Wildman–Crippen LogP) is 2.21. The zero-order valence-electron chi connectivity index (χ0n) is 10.9. The molecule has 0 amide bonds. The number of methoxy groups -OCH3 is 1. The van der Waals surface area contributed by atoms with Crippen molar-refractivity contribution in [1.29, 1.82) is 0 Å². The van der Waals surface area contributed by atoms with Gasteiger partial charge in [0.25, 0.3) is 0 Å². The van der Waals surface area contributed by atoms with Crippen LogP contribution in [0.4, 0.5) is 0 Å². The van der Waals surface area contributed by atoms with E-state index >= 15 is 0 Å². The Kier molecular flexibility index (Phi) is 5.88. The normalized spacial score (nSPS) is 14.1. The van der Waals surface area contributed by atoms with E-state index in [4.69, 9.17) is 4.74 Å². The molecule has 0 heterocycles. The Morgan fingerprint density at radius 2 is 1.87 bits per heavy atom. The van der Waals surface area contributed by atoms with Crippen molar-refractivity contribution in [3.05, 3.63) is 0 Å². The van der Waals surface area contributed by atoms with Gasteiger partial charge in [-0.25, -0.2) is 0 Å². The van der Waals surface area contributed by atoms with Gasteiger partial charge in [-0.05, 0) is 17.8 Å². The van der Waals surface area contributed by atoms with Crippen molar-refractivity contribution in [2.75, 3.05) is 13.7 Å². The van der Waals surface area contributed by atoms with Gasteiger partial charge in [0.2, 0.25) is 0 Å².